The van der Waals surface area contributed by atoms with Crippen molar-refractivity contribution in [2.24, 2.45) is 0 Å². The molecule has 0 atom stereocenters. The smallest absolute Gasteiger partial charge is 0.306 e. The van der Waals surface area contributed by atoms with E-state index >= 15 is 0 Å². The fourth-order valence-corrected chi connectivity index (χ4v) is 1.27. The van der Waals surface area contributed by atoms with Gasteiger partial charge in [0.05, 0.1) is 5.52 Å². The van der Waals surface area contributed by atoms with Crippen molar-refractivity contribution in [1.29, 1.82) is 0 Å². The number of hydrogen-bond acceptors (Lipinski definition) is 1. The number of nitrogens with one attached hydrogen (secondary N) is 2. The molecule has 0 saturated heterocycles. The predicted octanol–water partition coefficient (Wildman–Crippen LogP) is 1.65. The van der Waals surface area contributed by atoms with Crippen LogP contribution in [-0.2, 0) is 0 Å². The molecule has 2 N–H and O–H groups in total. The first kappa shape index (κ1) is 7.36. The highest BCUT2D eigenvalue weighted by Crippen LogP contribution is 2.18. The average Bonchev–Trinajstić information content (AvgIpc) is 2.29. The van der Waals surface area contributed by atoms with Gasteiger partial charge in [-0.05, 0) is 12.1 Å². The molecule has 5 heteroatoms. The number of hydrogen-bond donors (Lipinski definition) is 2. The fraction of sp³-hybridized carbons (Fsp3) is 0. The Balaban J connectivity index is 2.97. The maximum Gasteiger partial charge on any atom is 0.323 e. The summed E-state index contributed by atoms with van der Waals surface area (Å²) in [7, 11) is 0. The Hall–Kier alpha value is -1.29. The van der Waals surface area contributed by atoms with Gasteiger partial charge in [0.2, 0.25) is 0 Å². The van der Waals surface area contributed by atoms with Gasteiger partial charge in [0.25, 0.3) is 0 Å². The molecule has 0 saturated carbocycles. The second kappa shape index (κ2) is 2.35. The van der Waals surface area contributed by atoms with E-state index in [0.717, 1.165) is 6.07 Å². The summed E-state index contributed by atoms with van der Waals surface area (Å²) in [5.74, 6) is -0.532. The highest BCUT2D eigenvalue weighted by atomic mass is 35.5. The number of imidazole rings is 1. The minimum Gasteiger partial charge on any atom is -0.306 e. The second-order valence-electron chi connectivity index (χ2n) is 2.39. The summed E-state index contributed by atoms with van der Waals surface area (Å²) in [5.41, 5.74) is 0.0977. The minimum atomic E-state index is -0.532. The summed E-state index contributed by atoms with van der Waals surface area (Å²) in [6.45, 7) is 0. The van der Waals surface area contributed by atoms with Crippen molar-refractivity contribution in [2.75, 3.05) is 0 Å². The van der Waals surface area contributed by atoms with Crippen LogP contribution in [0.3, 0.4) is 0 Å². The van der Waals surface area contributed by atoms with Crippen LogP contribution in [0.2, 0.25) is 5.02 Å². The quantitative estimate of drug-likeness (QED) is 0.646. The van der Waals surface area contributed by atoms with Crippen LogP contribution in [0.5, 0.6) is 0 Å². The Labute approximate surface area is 71.2 Å². The summed E-state index contributed by atoms with van der Waals surface area (Å²) >= 11 is 5.56. The number of aromatic amines is 2. The molecule has 62 valence electrons. The highest BCUT2D eigenvalue weighted by Gasteiger charge is 2.04. The van der Waals surface area contributed by atoms with E-state index in [1.807, 2.05) is 0 Å². The van der Waals surface area contributed by atoms with E-state index in [-0.39, 0.29) is 10.5 Å². The van der Waals surface area contributed by atoms with Crippen molar-refractivity contribution in [3.05, 3.63) is 33.5 Å². The first-order chi connectivity index (χ1) is 5.66. The molecule has 0 amide bonds. The molecule has 1 aromatic heterocycles. The lowest BCUT2D eigenvalue weighted by Crippen LogP contribution is -1.99. The Bertz CT molecular complexity index is 488. The monoisotopic (exact) mass is 186 g/mol. The number of aromatic nitrogens is 2. The zero-order valence-electron chi connectivity index (χ0n) is 5.82. The van der Waals surface area contributed by atoms with Crippen molar-refractivity contribution in [3.8, 4) is 0 Å². The average molecular weight is 187 g/mol. The molecule has 0 unspecified atom stereocenters. The van der Waals surface area contributed by atoms with Gasteiger partial charge in [-0.2, -0.15) is 0 Å². The summed E-state index contributed by atoms with van der Waals surface area (Å²) < 4.78 is 13.0. The minimum absolute atomic E-state index is 0.157. The van der Waals surface area contributed by atoms with Crippen LogP contribution in [0, 0.1) is 5.82 Å². The van der Waals surface area contributed by atoms with E-state index in [2.05, 4.69) is 9.97 Å². The van der Waals surface area contributed by atoms with Gasteiger partial charge in [-0.25, -0.2) is 9.18 Å². The predicted molar refractivity (Wildman–Crippen MR) is 43.9 cm³/mol. The van der Waals surface area contributed by atoms with E-state index in [1.54, 1.807) is 0 Å². The van der Waals surface area contributed by atoms with Gasteiger partial charge in [-0.1, -0.05) is 11.6 Å². The van der Waals surface area contributed by atoms with Crippen molar-refractivity contribution >= 4 is 22.6 Å². The number of halogens is 2. The van der Waals surface area contributed by atoms with Gasteiger partial charge < -0.3 is 9.97 Å². The van der Waals surface area contributed by atoms with E-state index in [0.29, 0.717) is 5.52 Å². The molecule has 0 fully saturated rings. The van der Waals surface area contributed by atoms with Crippen molar-refractivity contribution in [2.45, 2.75) is 0 Å². The number of benzene rings is 1. The van der Waals surface area contributed by atoms with Crippen molar-refractivity contribution in [1.82, 2.24) is 9.97 Å². The molecule has 0 aliphatic heterocycles. The first-order valence-corrected chi connectivity index (χ1v) is 3.61. The molecule has 3 nitrogen and oxygen atoms in total. The number of fused-ring (bicyclic) bond motifs is 1. The molecule has 2 aromatic rings. The largest absolute Gasteiger partial charge is 0.323 e. The van der Waals surface area contributed by atoms with Crippen molar-refractivity contribution in [3.63, 3.8) is 0 Å². The SMILES string of the molecule is O=c1[nH]c2cc(Cl)cc(F)c2[nH]1. The molecule has 12 heavy (non-hydrogen) atoms. The topological polar surface area (TPSA) is 48.6 Å². The third-order valence-electron chi connectivity index (χ3n) is 1.54. The highest BCUT2D eigenvalue weighted by molar-refractivity contribution is 6.31. The third-order valence-corrected chi connectivity index (χ3v) is 1.76. The van der Waals surface area contributed by atoms with Gasteiger partial charge in [-0.15, -0.1) is 0 Å². The first-order valence-electron chi connectivity index (χ1n) is 3.24. The third kappa shape index (κ3) is 1.00. The second-order valence-corrected chi connectivity index (χ2v) is 2.83. The molecule has 1 aromatic carbocycles. The Morgan fingerprint density at radius 3 is 2.83 bits per heavy atom. The standard InChI is InChI=1S/C7H4ClFN2O/c8-3-1-4(9)6-5(2-3)10-7(12)11-6/h1-2H,(H2,10,11,12). The Morgan fingerprint density at radius 1 is 1.33 bits per heavy atom. The molecule has 0 bridgehead atoms. The van der Waals surface area contributed by atoms with Crippen LogP contribution in [-0.4, -0.2) is 9.97 Å². The summed E-state index contributed by atoms with van der Waals surface area (Å²) in [4.78, 5) is 15.4. The normalized spacial score (nSPS) is 10.8. The van der Waals surface area contributed by atoms with Crippen LogP contribution < -0.4 is 5.69 Å². The Morgan fingerprint density at radius 2 is 2.08 bits per heavy atom. The van der Waals surface area contributed by atoms with E-state index in [4.69, 9.17) is 11.6 Å². The Kier molecular flexibility index (Phi) is 1.44. The van der Waals surface area contributed by atoms with Crippen LogP contribution in [0.1, 0.15) is 0 Å². The summed E-state index contributed by atoms with van der Waals surface area (Å²) in [5, 5.41) is 0.259. The van der Waals surface area contributed by atoms with Crippen molar-refractivity contribution < 1.29 is 4.39 Å². The molecule has 0 aliphatic rings. The number of rotatable bonds is 0. The van der Waals surface area contributed by atoms with E-state index in [9.17, 15) is 9.18 Å². The summed E-state index contributed by atoms with van der Waals surface area (Å²) in [6, 6.07) is 2.63. The van der Waals surface area contributed by atoms with Crippen LogP contribution >= 0.6 is 11.6 Å². The van der Waals surface area contributed by atoms with Gasteiger partial charge in [0, 0.05) is 5.02 Å². The fourth-order valence-electron chi connectivity index (χ4n) is 1.07. The molecule has 1 heterocycles. The van der Waals surface area contributed by atoms with Crippen LogP contribution in [0.15, 0.2) is 16.9 Å². The van der Waals surface area contributed by atoms with E-state index in [1.165, 1.54) is 6.07 Å². The zero-order chi connectivity index (χ0) is 8.72. The van der Waals surface area contributed by atoms with Crippen LogP contribution in [0.4, 0.5) is 4.39 Å². The van der Waals surface area contributed by atoms with E-state index < -0.39 is 11.5 Å². The van der Waals surface area contributed by atoms with Gasteiger partial charge >= 0.3 is 5.69 Å². The molecule has 0 aliphatic carbocycles. The molecule has 2 rings (SSSR count). The maximum atomic E-state index is 13.0. The van der Waals surface area contributed by atoms with Gasteiger partial charge in [0.1, 0.15) is 11.3 Å². The van der Waals surface area contributed by atoms with Gasteiger partial charge in [-0.3, -0.25) is 0 Å². The molecular weight excluding hydrogens is 183 g/mol. The molecule has 0 radical (unpaired) electrons. The van der Waals surface area contributed by atoms with Gasteiger partial charge in [0.15, 0.2) is 0 Å². The molecule has 0 spiro atoms. The lowest BCUT2D eigenvalue weighted by molar-refractivity contribution is 0.637. The van der Waals surface area contributed by atoms with Crippen LogP contribution in [0.25, 0.3) is 11.0 Å². The lowest BCUT2D eigenvalue weighted by atomic mass is 10.3. The lowest BCUT2D eigenvalue weighted by Gasteiger charge is -1.91. The number of H-pyrrole nitrogens is 2. The maximum absolute atomic E-state index is 13.0. The molecular formula is C7H4ClFN2O. The summed E-state index contributed by atoms with van der Waals surface area (Å²) in [6.07, 6.45) is 0. The zero-order valence-corrected chi connectivity index (χ0v) is 6.57.